The highest BCUT2D eigenvalue weighted by Gasteiger charge is 2.30. The number of aromatic nitrogens is 1. The van der Waals surface area contributed by atoms with Crippen LogP contribution in [0.5, 0.6) is 0 Å². The molecule has 1 aliphatic heterocycles. The number of carboxylic acid groups (broad SMARTS) is 1. The van der Waals surface area contributed by atoms with Crippen molar-refractivity contribution < 1.29 is 14.4 Å². The molecule has 0 fully saturated rings. The molecular weight excluding hydrogens is 336 g/mol. The fraction of sp³-hybridized carbons (Fsp3) is 0.333. The summed E-state index contributed by atoms with van der Waals surface area (Å²) in [6.07, 6.45) is 0.589. The van der Waals surface area contributed by atoms with Gasteiger partial charge in [-0.3, -0.25) is 4.79 Å². The molecule has 2 heterocycles. The van der Waals surface area contributed by atoms with Crippen molar-refractivity contribution >= 4 is 27.6 Å². The molecule has 1 aromatic carbocycles. The number of carbonyl (C=O) groups is 1. The molecule has 5 nitrogen and oxygen atoms in total. The molecule has 0 saturated heterocycles. The number of rotatable bonds is 3. The van der Waals surface area contributed by atoms with Crippen LogP contribution < -0.4 is 4.90 Å². The Bertz CT molecular complexity index is 683. The molecule has 0 saturated carbocycles. The quantitative estimate of drug-likeness (QED) is 0.919. The zero-order valence-corrected chi connectivity index (χ0v) is 13.1. The zero-order valence-electron chi connectivity index (χ0n) is 11.5. The van der Waals surface area contributed by atoms with E-state index in [1.54, 1.807) is 0 Å². The first kappa shape index (κ1) is 14.1. The van der Waals surface area contributed by atoms with Gasteiger partial charge in [0.2, 0.25) is 0 Å². The topological polar surface area (TPSA) is 66.6 Å². The number of hydrogen-bond acceptors (Lipinski definition) is 4. The van der Waals surface area contributed by atoms with Crippen molar-refractivity contribution in [3.63, 3.8) is 0 Å². The average Bonchev–Trinajstić information content (AvgIpc) is 2.83. The van der Waals surface area contributed by atoms with Crippen molar-refractivity contribution in [2.75, 3.05) is 11.4 Å². The number of aliphatic carboxylic acids is 1. The van der Waals surface area contributed by atoms with E-state index in [0.29, 0.717) is 19.5 Å². The zero-order chi connectivity index (χ0) is 15.0. The maximum atomic E-state index is 11.4. The van der Waals surface area contributed by atoms with Gasteiger partial charge in [0, 0.05) is 22.8 Å². The molecule has 0 spiro atoms. The second-order valence-electron chi connectivity index (χ2n) is 5.24. The Hall–Kier alpha value is -1.82. The first-order valence-electron chi connectivity index (χ1n) is 6.74. The lowest BCUT2D eigenvalue weighted by atomic mass is 9.90. The maximum absolute atomic E-state index is 11.4. The van der Waals surface area contributed by atoms with Gasteiger partial charge in [-0.1, -0.05) is 21.1 Å². The number of aryl methyl sites for hydroxylation is 1. The van der Waals surface area contributed by atoms with E-state index >= 15 is 0 Å². The van der Waals surface area contributed by atoms with Crippen molar-refractivity contribution in [1.29, 1.82) is 0 Å². The van der Waals surface area contributed by atoms with E-state index in [4.69, 9.17) is 4.52 Å². The van der Waals surface area contributed by atoms with Gasteiger partial charge in [-0.2, -0.15) is 0 Å². The Morgan fingerprint density at radius 3 is 3.00 bits per heavy atom. The molecule has 1 N–H and O–H groups in total. The van der Waals surface area contributed by atoms with Crippen molar-refractivity contribution in [3.8, 4) is 0 Å². The van der Waals surface area contributed by atoms with Crippen LogP contribution in [0.2, 0.25) is 0 Å². The number of nitrogens with zero attached hydrogens (tertiary/aromatic N) is 2. The number of halogens is 1. The van der Waals surface area contributed by atoms with Crippen LogP contribution in [-0.2, 0) is 11.3 Å². The van der Waals surface area contributed by atoms with Gasteiger partial charge in [0.15, 0.2) is 5.76 Å². The fourth-order valence-electron chi connectivity index (χ4n) is 2.75. The van der Waals surface area contributed by atoms with E-state index in [-0.39, 0.29) is 0 Å². The Kier molecular flexibility index (Phi) is 3.71. The lowest BCUT2D eigenvalue weighted by Gasteiger charge is -2.33. The SMILES string of the molecule is Cc1cc(CN2CCC(C(=O)O)c3cc(Br)ccc32)on1. The molecule has 0 aliphatic carbocycles. The monoisotopic (exact) mass is 350 g/mol. The number of hydrogen-bond donors (Lipinski definition) is 1. The van der Waals surface area contributed by atoms with Gasteiger partial charge >= 0.3 is 5.97 Å². The van der Waals surface area contributed by atoms with Gasteiger partial charge in [-0.05, 0) is 37.1 Å². The molecule has 1 unspecified atom stereocenters. The lowest BCUT2D eigenvalue weighted by molar-refractivity contribution is -0.139. The fourth-order valence-corrected chi connectivity index (χ4v) is 3.13. The molecule has 1 atom stereocenters. The van der Waals surface area contributed by atoms with Crippen LogP contribution in [-0.4, -0.2) is 22.8 Å². The van der Waals surface area contributed by atoms with Gasteiger partial charge in [0.1, 0.15) is 0 Å². The predicted molar refractivity (Wildman–Crippen MR) is 81.4 cm³/mol. The molecule has 110 valence electrons. The van der Waals surface area contributed by atoms with Crippen LogP contribution in [0.4, 0.5) is 5.69 Å². The minimum absolute atomic E-state index is 0.454. The maximum Gasteiger partial charge on any atom is 0.311 e. The largest absolute Gasteiger partial charge is 0.481 e. The third-order valence-corrected chi connectivity index (χ3v) is 4.21. The van der Waals surface area contributed by atoms with Crippen molar-refractivity contribution in [1.82, 2.24) is 5.16 Å². The highest BCUT2D eigenvalue weighted by atomic mass is 79.9. The van der Waals surface area contributed by atoms with Crippen LogP contribution in [0.25, 0.3) is 0 Å². The summed E-state index contributed by atoms with van der Waals surface area (Å²) >= 11 is 3.42. The summed E-state index contributed by atoms with van der Waals surface area (Å²) in [6, 6.07) is 7.69. The van der Waals surface area contributed by atoms with Crippen LogP contribution in [0.1, 0.15) is 29.4 Å². The Labute approximate surface area is 130 Å². The Morgan fingerprint density at radius 2 is 2.33 bits per heavy atom. The van der Waals surface area contributed by atoms with Crippen LogP contribution in [0.3, 0.4) is 0 Å². The molecular formula is C15H15BrN2O3. The highest BCUT2D eigenvalue weighted by molar-refractivity contribution is 9.10. The Balaban J connectivity index is 1.94. The van der Waals surface area contributed by atoms with E-state index in [1.165, 1.54) is 0 Å². The summed E-state index contributed by atoms with van der Waals surface area (Å²) in [7, 11) is 0. The molecule has 1 aliphatic rings. The molecule has 0 amide bonds. The second kappa shape index (κ2) is 5.52. The summed E-state index contributed by atoms with van der Waals surface area (Å²) in [6.45, 7) is 3.17. The third-order valence-electron chi connectivity index (χ3n) is 3.71. The summed E-state index contributed by atoms with van der Waals surface area (Å²) in [4.78, 5) is 13.6. The van der Waals surface area contributed by atoms with Crippen molar-refractivity contribution in [2.45, 2.75) is 25.8 Å². The standard InChI is InChI=1S/C15H15BrN2O3/c1-9-6-11(21-17-9)8-18-5-4-12(15(19)20)13-7-10(16)2-3-14(13)18/h2-3,6-7,12H,4-5,8H2,1H3,(H,19,20). The second-order valence-corrected chi connectivity index (χ2v) is 6.15. The number of anilines is 1. The van der Waals surface area contributed by atoms with E-state index in [1.807, 2.05) is 31.2 Å². The molecule has 0 bridgehead atoms. The minimum Gasteiger partial charge on any atom is -0.481 e. The number of carboxylic acids is 1. The van der Waals surface area contributed by atoms with E-state index in [2.05, 4.69) is 26.0 Å². The van der Waals surface area contributed by atoms with E-state index in [9.17, 15) is 9.90 Å². The Morgan fingerprint density at radius 1 is 1.52 bits per heavy atom. The summed E-state index contributed by atoms with van der Waals surface area (Å²) in [5.74, 6) is -0.440. The smallest absolute Gasteiger partial charge is 0.311 e. The number of fused-ring (bicyclic) bond motifs is 1. The first-order chi connectivity index (χ1) is 10.0. The van der Waals surface area contributed by atoms with E-state index in [0.717, 1.165) is 27.2 Å². The summed E-state index contributed by atoms with van der Waals surface area (Å²) in [5.41, 5.74) is 2.65. The van der Waals surface area contributed by atoms with Crippen molar-refractivity contribution in [2.24, 2.45) is 0 Å². The van der Waals surface area contributed by atoms with Gasteiger partial charge in [0.25, 0.3) is 0 Å². The number of benzene rings is 1. The van der Waals surface area contributed by atoms with Crippen LogP contribution in [0, 0.1) is 6.92 Å². The molecule has 2 aromatic rings. The lowest BCUT2D eigenvalue weighted by Crippen LogP contribution is -2.33. The summed E-state index contributed by atoms with van der Waals surface area (Å²) in [5, 5.41) is 13.3. The molecule has 6 heteroatoms. The first-order valence-corrected chi connectivity index (χ1v) is 7.53. The molecule has 3 rings (SSSR count). The van der Waals surface area contributed by atoms with E-state index < -0.39 is 11.9 Å². The van der Waals surface area contributed by atoms with Crippen molar-refractivity contribution in [3.05, 3.63) is 45.8 Å². The van der Waals surface area contributed by atoms with Gasteiger partial charge < -0.3 is 14.5 Å². The van der Waals surface area contributed by atoms with Gasteiger partial charge in [0.05, 0.1) is 18.2 Å². The molecule has 1 aromatic heterocycles. The highest BCUT2D eigenvalue weighted by Crippen LogP contribution is 2.37. The normalized spacial score (nSPS) is 17.6. The minimum atomic E-state index is -0.774. The van der Waals surface area contributed by atoms with Crippen LogP contribution in [0.15, 0.2) is 33.3 Å². The molecule has 0 radical (unpaired) electrons. The van der Waals surface area contributed by atoms with Gasteiger partial charge in [-0.15, -0.1) is 0 Å². The van der Waals surface area contributed by atoms with Crippen LogP contribution >= 0.6 is 15.9 Å². The summed E-state index contributed by atoms with van der Waals surface area (Å²) < 4.78 is 6.16. The molecule has 21 heavy (non-hydrogen) atoms. The average molecular weight is 351 g/mol. The van der Waals surface area contributed by atoms with Gasteiger partial charge in [-0.25, -0.2) is 0 Å². The third kappa shape index (κ3) is 2.81. The predicted octanol–water partition coefficient (Wildman–Crippen LogP) is 3.32.